The van der Waals surface area contributed by atoms with Gasteiger partial charge in [0.2, 0.25) is 15.9 Å². The van der Waals surface area contributed by atoms with E-state index in [0.29, 0.717) is 11.7 Å². The van der Waals surface area contributed by atoms with Gasteiger partial charge in [0, 0.05) is 6.20 Å². The maximum atomic E-state index is 11.6. The van der Waals surface area contributed by atoms with Gasteiger partial charge in [-0.1, -0.05) is 0 Å². The highest BCUT2D eigenvalue weighted by atomic mass is 32.2. The third kappa shape index (κ3) is 2.28. The predicted octanol–water partition coefficient (Wildman–Crippen LogP) is 0.185. The van der Waals surface area contributed by atoms with Crippen LogP contribution in [0.4, 0.5) is 0 Å². The zero-order chi connectivity index (χ0) is 11.6. The maximum absolute atomic E-state index is 11.6. The SMILES string of the molecule is Cc1cnc(CNS(=O)(=O)c2cn[nH]c2)o1. The van der Waals surface area contributed by atoms with Gasteiger partial charge < -0.3 is 4.42 Å². The number of H-pyrrole nitrogens is 1. The number of rotatable bonds is 4. The molecule has 0 saturated heterocycles. The Morgan fingerprint density at radius 3 is 2.88 bits per heavy atom. The highest BCUT2D eigenvalue weighted by Gasteiger charge is 2.15. The van der Waals surface area contributed by atoms with Crippen LogP contribution in [-0.2, 0) is 16.6 Å². The molecule has 0 spiro atoms. The number of hydrogen-bond acceptors (Lipinski definition) is 5. The number of nitrogens with zero attached hydrogens (tertiary/aromatic N) is 2. The van der Waals surface area contributed by atoms with E-state index in [-0.39, 0.29) is 11.4 Å². The molecular formula is C8H10N4O3S. The van der Waals surface area contributed by atoms with Gasteiger partial charge in [0.25, 0.3) is 0 Å². The van der Waals surface area contributed by atoms with Crippen LogP contribution in [0.25, 0.3) is 0 Å². The molecule has 0 radical (unpaired) electrons. The van der Waals surface area contributed by atoms with E-state index >= 15 is 0 Å². The minimum Gasteiger partial charge on any atom is -0.445 e. The van der Waals surface area contributed by atoms with Gasteiger partial charge in [0.15, 0.2) is 0 Å². The van der Waals surface area contributed by atoms with Gasteiger partial charge in [0.05, 0.1) is 18.9 Å². The zero-order valence-corrected chi connectivity index (χ0v) is 9.28. The Kier molecular flexibility index (Phi) is 2.75. The molecule has 0 fully saturated rings. The van der Waals surface area contributed by atoms with Crippen LogP contribution in [0.1, 0.15) is 11.7 Å². The van der Waals surface area contributed by atoms with Crippen molar-refractivity contribution in [2.75, 3.05) is 0 Å². The standard InChI is InChI=1S/C8H10N4O3S/c1-6-2-9-8(15-6)5-12-16(13,14)7-3-10-11-4-7/h2-4,12H,5H2,1H3,(H,10,11). The second kappa shape index (κ2) is 4.06. The molecule has 2 heterocycles. The van der Waals surface area contributed by atoms with E-state index in [1.54, 1.807) is 6.92 Å². The summed E-state index contributed by atoms with van der Waals surface area (Å²) in [7, 11) is -3.55. The van der Waals surface area contributed by atoms with Gasteiger partial charge in [-0.3, -0.25) is 5.10 Å². The molecule has 86 valence electrons. The first-order valence-electron chi connectivity index (χ1n) is 4.48. The lowest BCUT2D eigenvalue weighted by Crippen LogP contribution is -2.22. The summed E-state index contributed by atoms with van der Waals surface area (Å²) in [5.41, 5.74) is 0. The Balaban J connectivity index is 2.06. The second-order valence-electron chi connectivity index (χ2n) is 3.12. The van der Waals surface area contributed by atoms with Crippen LogP contribution in [0.15, 0.2) is 27.9 Å². The van der Waals surface area contributed by atoms with Crippen molar-refractivity contribution in [2.45, 2.75) is 18.4 Å². The molecule has 0 amide bonds. The normalized spacial score (nSPS) is 11.8. The van der Waals surface area contributed by atoms with Crippen LogP contribution in [0.5, 0.6) is 0 Å². The summed E-state index contributed by atoms with van der Waals surface area (Å²) < 4.78 is 30.7. The van der Waals surface area contributed by atoms with Crippen molar-refractivity contribution in [3.05, 3.63) is 30.2 Å². The van der Waals surface area contributed by atoms with Crippen molar-refractivity contribution in [1.82, 2.24) is 19.9 Å². The average molecular weight is 242 g/mol. The summed E-state index contributed by atoms with van der Waals surface area (Å²) in [6.45, 7) is 1.75. The minimum atomic E-state index is -3.55. The first-order valence-corrected chi connectivity index (χ1v) is 5.96. The smallest absolute Gasteiger partial charge is 0.244 e. The van der Waals surface area contributed by atoms with Crippen molar-refractivity contribution in [3.8, 4) is 0 Å². The maximum Gasteiger partial charge on any atom is 0.244 e. The van der Waals surface area contributed by atoms with Crippen molar-refractivity contribution in [1.29, 1.82) is 0 Å². The lowest BCUT2D eigenvalue weighted by Gasteiger charge is -2.00. The molecule has 8 heteroatoms. The van der Waals surface area contributed by atoms with Crippen molar-refractivity contribution >= 4 is 10.0 Å². The van der Waals surface area contributed by atoms with Crippen molar-refractivity contribution in [2.24, 2.45) is 0 Å². The van der Waals surface area contributed by atoms with E-state index in [4.69, 9.17) is 4.42 Å². The number of sulfonamides is 1. The molecule has 2 rings (SSSR count). The fourth-order valence-electron chi connectivity index (χ4n) is 1.11. The highest BCUT2D eigenvalue weighted by Crippen LogP contribution is 2.06. The number of hydrogen-bond donors (Lipinski definition) is 2. The van der Waals surface area contributed by atoms with Crippen LogP contribution in [0.3, 0.4) is 0 Å². The molecule has 7 nitrogen and oxygen atoms in total. The molecule has 0 bridgehead atoms. The third-order valence-electron chi connectivity index (χ3n) is 1.87. The first kappa shape index (κ1) is 10.8. The number of aromatic nitrogens is 3. The monoisotopic (exact) mass is 242 g/mol. The van der Waals surface area contributed by atoms with Gasteiger partial charge in [-0.05, 0) is 6.92 Å². The summed E-state index contributed by atoms with van der Waals surface area (Å²) in [5, 5.41) is 5.99. The molecular weight excluding hydrogens is 232 g/mol. The van der Waals surface area contributed by atoms with Crippen molar-refractivity contribution < 1.29 is 12.8 Å². The molecule has 0 aliphatic heterocycles. The summed E-state index contributed by atoms with van der Waals surface area (Å²) in [4.78, 5) is 3.96. The first-order chi connectivity index (χ1) is 7.58. The van der Waals surface area contributed by atoms with Crippen LogP contribution < -0.4 is 4.72 Å². The molecule has 16 heavy (non-hydrogen) atoms. The van der Waals surface area contributed by atoms with E-state index < -0.39 is 10.0 Å². The lowest BCUT2D eigenvalue weighted by molar-refractivity contribution is 0.463. The number of aryl methyl sites for hydroxylation is 1. The molecule has 0 atom stereocenters. The van der Waals surface area contributed by atoms with E-state index in [0.717, 1.165) is 0 Å². The van der Waals surface area contributed by atoms with E-state index in [9.17, 15) is 8.42 Å². The predicted molar refractivity (Wildman–Crippen MR) is 53.9 cm³/mol. The third-order valence-corrected chi connectivity index (χ3v) is 3.23. The van der Waals surface area contributed by atoms with Gasteiger partial charge in [-0.15, -0.1) is 0 Å². The van der Waals surface area contributed by atoms with Crippen LogP contribution >= 0.6 is 0 Å². The van der Waals surface area contributed by atoms with E-state index in [1.807, 2.05) is 0 Å². The van der Waals surface area contributed by atoms with E-state index in [2.05, 4.69) is 19.9 Å². The summed E-state index contributed by atoms with van der Waals surface area (Å²) in [5.74, 6) is 0.960. The Morgan fingerprint density at radius 1 is 1.50 bits per heavy atom. The quantitative estimate of drug-likeness (QED) is 0.796. The molecule has 0 saturated carbocycles. The Morgan fingerprint density at radius 2 is 2.31 bits per heavy atom. The number of oxazole rings is 1. The summed E-state index contributed by atoms with van der Waals surface area (Å²) in [6.07, 6.45) is 4.05. The van der Waals surface area contributed by atoms with Gasteiger partial charge in [-0.25, -0.2) is 18.1 Å². The lowest BCUT2D eigenvalue weighted by atomic mass is 10.6. The van der Waals surface area contributed by atoms with Crippen LogP contribution in [-0.4, -0.2) is 23.6 Å². The molecule has 0 unspecified atom stereocenters. The fourth-order valence-corrected chi connectivity index (χ4v) is 1.99. The van der Waals surface area contributed by atoms with Gasteiger partial charge in [0.1, 0.15) is 10.7 Å². The van der Waals surface area contributed by atoms with E-state index in [1.165, 1.54) is 18.6 Å². The Hall–Kier alpha value is -1.67. The van der Waals surface area contributed by atoms with Crippen LogP contribution in [0.2, 0.25) is 0 Å². The summed E-state index contributed by atoms with van der Waals surface area (Å²) in [6, 6.07) is 0. The second-order valence-corrected chi connectivity index (χ2v) is 4.89. The Bertz CT molecular complexity index is 558. The van der Waals surface area contributed by atoms with Gasteiger partial charge >= 0.3 is 0 Å². The number of aromatic amines is 1. The molecule has 0 aromatic carbocycles. The molecule has 2 N–H and O–H groups in total. The van der Waals surface area contributed by atoms with Crippen LogP contribution in [0, 0.1) is 6.92 Å². The molecule has 2 aromatic rings. The largest absolute Gasteiger partial charge is 0.445 e. The highest BCUT2D eigenvalue weighted by molar-refractivity contribution is 7.89. The number of nitrogens with one attached hydrogen (secondary N) is 2. The molecule has 0 aliphatic rings. The van der Waals surface area contributed by atoms with Crippen molar-refractivity contribution in [3.63, 3.8) is 0 Å². The zero-order valence-electron chi connectivity index (χ0n) is 8.47. The minimum absolute atomic E-state index is 0.0152. The fraction of sp³-hybridized carbons (Fsp3) is 0.250. The average Bonchev–Trinajstić information content (AvgIpc) is 2.85. The molecule has 2 aromatic heterocycles. The summed E-state index contributed by atoms with van der Waals surface area (Å²) >= 11 is 0. The van der Waals surface area contributed by atoms with Gasteiger partial charge in [-0.2, -0.15) is 5.10 Å². The topological polar surface area (TPSA) is 101 Å². The molecule has 0 aliphatic carbocycles. The Labute approximate surface area is 91.9 Å².